The van der Waals surface area contributed by atoms with Gasteiger partial charge in [-0.05, 0) is 61.7 Å². The molecule has 1 aromatic heterocycles. The molecule has 2 N–H and O–H groups in total. The number of carbonyl (C=O) groups excluding carboxylic acids is 3. The number of likely N-dealkylation sites (tertiary alicyclic amines) is 1. The van der Waals surface area contributed by atoms with Crippen LogP contribution in [0.3, 0.4) is 0 Å². The number of benzene rings is 2. The summed E-state index contributed by atoms with van der Waals surface area (Å²) in [4.78, 5) is 47.6. The number of anilines is 1. The van der Waals surface area contributed by atoms with Crippen LogP contribution in [0.2, 0.25) is 5.02 Å². The summed E-state index contributed by atoms with van der Waals surface area (Å²) in [5.74, 6) is -1.09. The third kappa shape index (κ3) is 4.76. The highest BCUT2D eigenvalue weighted by molar-refractivity contribution is 9.10. The van der Waals surface area contributed by atoms with Gasteiger partial charge in [0.2, 0.25) is 0 Å². The molecule has 1 aliphatic rings. The average molecular weight is 516 g/mol. The predicted molar refractivity (Wildman–Crippen MR) is 125 cm³/mol. The van der Waals surface area contributed by atoms with Gasteiger partial charge in [-0.15, -0.1) is 0 Å². The summed E-state index contributed by atoms with van der Waals surface area (Å²) in [5, 5.41) is 3.26. The van der Waals surface area contributed by atoms with Crippen molar-refractivity contribution in [2.75, 3.05) is 18.4 Å². The molecule has 1 fully saturated rings. The second-order valence-electron chi connectivity index (χ2n) is 7.46. The summed E-state index contributed by atoms with van der Waals surface area (Å²) < 4.78 is 0.688. The molecule has 7 nitrogen and oxygen atoms in total. The van der Waals surface area contributed by atoms with Gasteiger partial charge in [-0.2, -0.15) is 0 Å². The van der Waals surface area contributed by atoms with Gasteiger partial charge >= 0.3 is 0 Å². The minimum atomic E-state index is -0.570. The van der Waals surface area contributed by atoms with Crippen LogP contribution in [0.25, 0.3) is 0 Å². The summed E-state index contributed by atoms with van der Waals surface area (Å²) in [6.07, 6.45) is 4.30. The smallest absolute Gasteiger partial charge is 0.276 e. The number of imidazole rings is 1. The van der Waals surface area contributed by atoms with Crippen molar-refractivity contribution in [1.29, 1.82) is 0 Å². The first-order chi connectivity index (χ1) is 15.4. The summed E-state index contributed by atoms with van der Waals surface area (Å²) in [5.41, 5.74) is 1.19. The maximum absolute atomic E-state index is 13.1. The molecular weight excluding hydrogens is 496 g/mol. The summed E-state index contributed by atoms with van der Waals surface area (Å²) >= 11 is 9.30. The molecule has 0 aliphatic carbocycles. The molecule has 2 aromatic carbocycles. The summed E-state index contributed by atoms with van der Waals surface area (Å²) in [6.45, 7) is 1.32. The van der Waals surface area contributed by atoms with E-state index >= 15 is 0 Å². The van der Waals surface area contributed by atoms with Crippen molar-refractivity contribution in [2.24, 2.45) is 0 Å². The van der Waals surface area contributed by atoms with Crippen LogP contribution >= 0.6 is 27.5 Å². The van der Waals surface area contributed by atoms with Gasteiger partial charge in [0.25, 0.3) is 11.8 Å². The lowest BCUT2D eigenvalue weighted by atomic mass is 10.0. The molecule has 9 heteroatoms. The number of hydrogen-bond donors (Lipinski definition) is 2. The van der Waals surface area contributed by atoms with Crippen LogP contribution in [0.15, 0.2) is 53.3 Å². The van der Waals surface area contributed by atoms with Crippen LogP contribution in [0.4, 0.5) is 5.69 Å². The van der Waals surface area contributed by atoms with Gasteiger partial charge in [0.05, 0.1) is 12.0 Å². The fourth-order valence-electron chi connectivity index (χ4n) is 3.64. The average Bonchev–Trinajstić information content (AvgIpc) is 3.30. The van der Waals surface area contributed by atoms with E-state index < -0.39 is 5.91 Å². The summed E-state index contributed by atoms with van der Waals surface area (Å²) in [6, 6.07) is 11.5. The summed E-state index contributed by atoms with van der Waals surface area (Å²) in [7, 11) is 0. The Morgan fingerprint density at radius 1 is 1.03 bits per heavy atom. The van der Waals surface area contributed by atoms with E-state index in [0.717, 1.165) is 19.3 Å². The number of halogens is 2. The molecule has 1 saturated heterocycles. The number of rotatable bonds is 5. The quantitative estimate of drug-likeness (QED) is 0.471. The first-order valence-electron chi connectivity index (χ1n) is 10.2. The molecule has 0 radical (unpaired) electrons. The van der Waals surface area contributed by atoms with Crippen molar-refractivity contribution in [2.45, 2.75) is 19.3 Å². The second-order valence-corrected chi connectivity index (χ2v) is 8.81. The molecule has 3 aromatic rings. The molecular formula is C23H20BrClN4O3. The van der Waals surface area contributed by atoms with Gasteiger partial charge in [0.15, 0.2) is 11.5 Å². The highest BCUT2D eigenvalue weighted by atomic mass is 79.9. The Morgan fingerprint density at radius 3 is 2.47 bits per heavy atom. The van der Waals surface area contributed by atoms with Crippen LogP contribution in [0.5, 0.6) is 0 Å². The number of ketones is 1. The number of hydrogen-bond acceptors (Lipinski definition) is 4. The van der Waals surface area contributed by atoms with Crippen LogP contribution in [-0.4, -0.2) is 45.6 Å². The largest absolute Gasteiger partial charge is 0.340 e. The van der Waals surface area contributed by atoms with Crippen molar-refractivity contribution in [3.05, 3.63) is 80.8 Å². The van der Waals surface area contributed by atoms with Crippen molar-refractivity contribution in [3.8, 4) is 0 Å². The minimum absolute atomic E-state index is 0.00613. The van der Waals surface area contributed by atoms with Crippen molar-refractivity contribution < 1.29 is 14.4 Å². The molecule has 2 amide bonds. The topological polar surface area (TPSA) is 95.2 Å². The maximum atomic E-state index is 13.1. The van der Waals surface area contributed by atoms with Gasteiger partial charge in [0, 0.05) is 33.7 Å². The second kappa shape index (κ2) is 9.67. The van der Waals surface area contributed by atoms with Crippen molar-refractivity contribution in [1.82, 2.24) is 14.9 Å². The Kier molecular flexibility index (Phi) is 6.72. The predicted octanol–water partition coefficient (Wildman–Crippen LogP) is 4.94. The number of nitrogens with zero attached hydrogens (tertiary/aromatic N) is 2. The zero-order valence-corrected chi connectivity index (χ0v) is 19.4. The minimum Gasteiger partial charge on any atom is -0.340 e. The number of H-pyrrole nitrogens is 1. The molecule has 0 unspecified atom stereocenters. The number of aromatic amines is 1. The lowest BCUT2D eigenvalue weighted by Gasteiger charge is -2.26. The third-order valence-electron chi connectivity index (χ3n) is 5.29. The highest BCUT2D eigenvalue weighted by Crippen LogP contribution is 2.25. The molecule has 0 spiro atoms. The molecule has 2 heterocycles. The Labute approximate surface area is 198 Å². The van der Waals surface area contributed by atoms with Crippen LogP contribution in [-0.2, 0) is 0 Å². The molecule has 0 atom stereocenters. The zero-order valence-electron chi connectivity index (χ0n) is 17.0. The van der Waals surface area contributed by atoms with Gasteiger partial charge < -0.3 is 15.2 Å². The van der Waals surface area contributed by atoms with Crippen LogP contribution in [0.1, 0.15) is 56.2 Å². The molecule has 0 saturated carbocycles. The molecule has 4 rings (SSSR count). The number of carbonyl (C=O) groups is 3. The lowest BCUT2D eigenvalue weighted by Crippen LogP contribution is -2.36. The van der Waals surface area contributed by atoms with Gasteiger partial charge in [-0.25, -0.2) is 4.98 Å². The third-order valence-corrected chi connectivity index (χ3v) is 6.04. The Morgan fingerprint density at radius 2 is 1.75 bits per heavy atom. The SMILES string of the molecule is O=C(c1ccc(Cl)cc1)c1cc(Br)ccc1NC(=O)c1nc[nH]c1C(=O)N1CCCCC1. The van der Waals surface area contributed by atoms with E-state index in [4.69, 9.17) is 11.6 Å². The van der Waals surface area contributed by atoms with Crippen LogP contribution < -0.4 is 5.32 Å². The number of piperidine rings is 1. The normalized spacial score (nSPS) is 13.6. The highest BCUT2D eigenvalue weighted by Gasteiger charge is 2.26. The van der Waals surface area contributed by atoms with E-state index in [9.17, 15) is 14.4 Å². The molecule has 1 aliphatic heterocycles. The van der Waals surface area contributed by atoms with E-state index in [2.05, 4.69) is 31.2 Å². The van der Waals surface area contributed by atoms with E-state index in [1.54, 1.807) is 47.4 Å². The fraction of sp³-hybridized carbons (Fsp3) is 0.217. The lowest BCUT2D eigenvalue weighted by molar-refractivity contribution is 0.0714. The number of aromatic nitrogens is 2. The fourth-order valence-corrected chi connectivity index (χ4v) is 4.12. The van der Waals surface area contributed by atoms with E-state index in [0.29, 0.717) is 39.4 Å². The first-order valence-corrected chi connectivity index (χ1v) is 11.3. The standard InChI is InChI=1S/C23H20BrClN4O3/c24-15-6-9-18(17(12-15)21(30)14-4-7-16(25)8-5-14)28-22(31)19-20(27-13-26-19)23(32)29-10-2-1-3-11-29/h4-9,12-13H,1-3,10-11H2,(H,26,27)(H,28,31). The Balaban J connectivity index is 1.60. The van der Waals surface area contributed by atoms with Gasteiger partial charge in [0.1, 0.15) is 5.69 Å². The number of nitrogens with one attached hydrogen (secondary N) is 2. The number of amides is 2. The van der Waals surface area contributed by atoms with Gasteiger partial charge in [-0.3, -0.25) is 14.4 Å². The van der Waals surface area contributed by atoms with E-state index in [1.807, 2.05) is 0 Å². The molecule has 32 heavy (non-hydrogen) atoms. The molecule has 164 valence electrons. The van der Waals surface area contributed by atoms with Crippen LogP contribution in [0, 0.1) is 0 Å². The maximum Gasteiger partial charge on any atom is 0.276 e. The Bertz CT molecular complexity index is 1170. The van der Waals surface area contributed by atoms with Crippen molar-refractivity contribution >= 4 is 50.8 Å². The van der Waals surface area contributed by atoms with Crippen molar-refractivity contribution in [3.63, 3.8) is 0 Å². The first kappa shape index (κ1) is 22.2. The Hall–Kier alpha value is -2.97. The molecule has 0 bridgehead atoms. The van der Waals surface area contributed by atoms with E-state index in [-0.39, 0.29) is 23.1 Å². The zero-order chi connectivity index (χ0) is 22.7. The van der Waals surface area contributed by atoms with Gasteiger partial charge in [-0.1, -0.05) is 27.5 Å². The van der Waals surface area contributed by atoms with E-state index in [1.165, 1.54) is 6.33 Å². The monoisotopic (exact) mass is 514 g/mol.